The summed E-state index contributed by atoms with van der Waals surface area (Å²) in [6, 6.07) is 0. The van der Waals surface area contributed by atoms with Gasteiger partial charge in [-0.15, -0.1) is 0 Å². The molecule has 6 nitrogen and oxygen atoms in total. The Morgan fingerprint density at radius 1 is 0.358 bits per heavy atom. The van der Waals surface area contributed by atoms with Gasteiger partial charge >= 0.3 is 17.9 Å². The zero-order valence-electron chi connectivity index (χ0n) is 35.6. The van der Waals surface area contributed by atoms with Crippen LogP contribution in [0.4, 0.5) is 0 Å². The van der Waals surface area contributed by atoms with Gasteiger partial charge in [-0.2, -0.15) is 0 Å². The standard InChI is InChI=1S/C47H88O6/c1-4-7-10-13-16-19-22-24-26-28-31-34-37-40-46(49)52-43-44(42-51-45(48)39-36-33-30-27-21-18-15-12-9-6-3)53-47(50)41-38-35-32-29-25-23-20-17-14-11-8-5-2/h17,20,44H,4-16,18-19,21-43H2,1-3H3/b20-17-. The zero-order valence-corrected chi connectivity index (χ0v) is 35.6. The Labute approximate surface area is 329 Å². The molecule has 0 aliphatic carbocycles. The Morgan fingerprint density at radius 3 is 0.981 bits per heavy atom. The van der Waals surface area contributed by atoms with E-state index in [0.717, 1.165) is 64.2 Å². The van der Waals surface area contributed by atoms with Crippen molar-refractivity contribution in [2.24, 2.45) is 0 Å². The van der Waals surface area contributed by atoms with Crippen LogP contribution >= 0.6 is 0 Å². The molecule has 312 valence electrons. The molecule has 1 unspecified atom stereocenters. The maximum Gasteiger partial charge on any atom is 0.306 e. The van der Waals surface area contributed by atoms with Crippen LogP contribution in [0, 0.1) is 0 Å². The van der Waals surface area contributed by atoms with Crippen molar-refractivity contribution in [3.05, 3.63) is 12.2 Å². The number of rotatable bonds is 42. The molecule has 0 aromatic heterocycles. The lowest BCUT2D eigenvalue weighted by Crippen LogP contribution is -2.30. The van der Waals surface area contributed by atoms with E-state index in [1.807, 2.05) is 0 Å². The normalized spacial score (nSPS) is 12.0. The fraction of sp³-hybridized carbons (Fsp3) is 0.894. The van der Waals surface area contributed by atoms with Crippen LogP contribution in [0.25, 0.3) is 0 Å². The van der Waals surface area contributed by atoms with Gasteiger partial charge in [-0.25, -0.2) is 0 Å². The topological polar surface area (TPSA) is 78.9 Å². The Kier molecular flexibility index (Phi) is 41.4. The highest BCUT2D eigenvalue weighted by atomic mass is 16.6. The van der Waals surface area contributed by atoms with E-state index in [0.29, 0.717) is 19.3 Å². The van der Waals surface area contributed by atoms with Gasteiger partial charge in [0.05, 0.1) is 0 Å². The van der Waals surface area contributed by atoms with Crippen LogP contribution in [-0.4, -0.2) is 37.2 Å². The lowest BCUT2D eigenvalue weighted by Gasteiger charge is -2.18. The molecule has 0 heterocycles. The van der Waals surface area contributed by atoms with Crippen molar-refractivity contribution in [3.63, 3.8) is 0 Å². The van der Waals surface area contributed by atoms with Gasteiger partial charge < -0.3 is 14.2 Å². The van der Waals surface area contributed by atoms with Crippen LogP contribution in [0.15, 0.2) is 12.2 Å². The predicted octanol–water partition coefficient (Wildman–Crippen LogP) is 14.6. The van der Waals surface area contributed by atoms with E-state index >= 15 is 0 Å². The summed E-state index contributed by atoms with van der Waals surface area (Å²) in [6.45, 7) is 6.60. The van der Waals surface area contributed by atoms with Crippen LogP contribution in [0.3, 0.4) is 0 Å². The molecule has 0 spiro atoms. The second kappa shape index (κ2) is 42.9. The largest absolute Gasteiger partial charge is 0.462 e. The molecular weight excluding hydrogens is 661 g/mol. The molecule has 0 aromatic carbocycles. The molecule has 0 saturated carbocycles. The van der Waals surface area contributed by atoms with Crippen molar-refractivity contribution in [2.45, 2.75) is 258 Å². The third-order valence-corrected chi connectivity index (χ3v) is 10.3. The summed E-state index contributed by atoms with van der Waals surface area (Å²) in [6.07, 6.45) is 44.7. The van der Waals surface area contributed by atoms with E-state index < -0.39 is 6.10 Å². The summed E-state index contributed by atoms with van der Waals surface area (Å²) >= 11 is 0. The third-order valence-electron chi connectivity index (χ3n) is 10.3. The molecule has 0 N–H and O–H groups in total. The van der Waals surface area contributed by atoms with Crippen molar-refractivity contribution in [1.29, 1.82) is 0 Å². The number of esters is 3. The highest BCUT2D eigenvalue weighted by molar-refractivity contribution is 5.71. The molecule has 53 heavy (non-hydrogen) atoms. The van der Waals surface area contributed by atoms with E-state index in [2.05, 4.69) is 32.9 Å². The van der Waals surface area contributed by atoms with E-state index in [9.17, 15) is 14.4 Å². The van der Waals surface area contributed by atoms with E-state index in [-0.39, 0.29) is 31.1 Å². The van der Waals surface area contributed by atoms with Gasteiger partial charge in [0, 0.05) is 19.3 Å². The molecule has 0 aliphatic rings. The number of hydrogen-bond acceptors (Lipinski definition) is 6. The van der Waals surface area contributed by atoms with Crippen LogP contribution in [-0.2, 0) is 28.6 Å². The summed E-state index contributed by atoms with van der Waals surface area (Å²) in [5, 5.41) is 0. The summed E-state index contributed by atoms with van der Waals surface area (Å²) in [5.74, 6) is -0.871. The van der Waals surface area contributed by atoms with Crippen LogP contribution in [0.1, 0.15) is 252 Å². The van der Waals surface area contributed by atoms with Crippen LogP contribution < -0.4 is 0 Å². The minimum atomic E-state index is -0.765. The zero-order chi connectivity index (χ0) is 38.7. The number of ether oxygens (including phenoxy) is 3. The van der Waals surface area contributed by atoms with Gasteiger partial charge in [0.2, 0.25) is 0 Å². The van der Waals surface area contributed by atoms with E-state index in [1.54, 1.807) is 0 Å². The van der Waals surface area contributed by atoms with Crippen LogP contribution in [0.5, 0.6) is 0 Å². The molecule has 0 radical (unpaired) electrons. The van der Waals surface area contributed by atoms with Crippen molar-refractivity contribution in [3.8, 4) is 0 Å². The first-order valence-corrected chi connectivity index (χ1v) is 23.2. The summed E-state index contributed by atoms with van der Waals surface area (Å²) in [4.78, 5) is 37.7. The minimum absolute atomic E-state index is 0.0689. The van der Waals surface area contributed by atoms with Crippen LogP contribution in [0.2, 0.25) is 0 Å². The highest BCUT2D eigenvalue weighted by Crippen LogP contribution is 2.15. The molecule has 0 aromatic rings. The van der Waals surface area contributed by atoms with Crippen molar-refractivity contribution in [1.82, 2.24) is 0 Å². The predicted molar refractivity (Wildman–Crippen MR) is 224 cm³/mol. The molecule has 0 rings (SSSR count). The van der Waals surface area contributed by atoms with Gasteiger partial charge in [0.15, 0.2) is 6.10 Å². The number of carbonyl (C=O) groups is 3. The third kappa shape index (κ3) is 41.2. The first-order chi connectivity index (χ1) is 26.0. The van der Waals surface area contributed by atoms with E-state index in [1.165, 1.54) is 148 Å². The number of unbranched alkanes of at least 4 members (excludes halogenated alkanes) is 29. The Hall–Kier alpha value is -1.85. The van der Waals surface area contributed by atoms with Gasteiger partial charge in [-0.05, 0) is 44.9 Å². The minimum Gasteiger partial charge on any atom is -0.462 e. The lowest BCUT2D eigenvalue weighted by atomic mass is 10.0. The second-order valence-corrected chi connectivity index (χ2v) is 15.7. The second-order valence-electron chi connectivity index (χ2n) is 15.7. The molecule has 0 bridgehead atoms. The number of allylic oxidation sites excluding steroid dienone is 2. The molecule has 6 heteroatoms. The van der Waals surface area contributed by atoms with Crippen molar-refractivity contribution in [2.75, 3.05) is 13.2 Å². The smallest absolute Gasteiger partial charge is 0.306 e. The van der Waals surface area contributed by atoms with Gasteiger partial charge in [0.25, 0.3) is 0 Å². The Balaban J connectivity index is 4.34. The van der Waals surface area contributed by atoms with Crippen molar-refractivity contribution < 1.29 is 28.6 Å². The maximum atomic E-state index is 12.7. The Morgan fingerprint density at radius 2 is 0.623 bits per heavy atom. The summed E-state index contributed by atoms with van der Waals surface area (Å²) < 4.78 is 16.7. The molecule has 1 atom stereocenters. The highest BCUT2D eigenvalue weighted by Gasteiger charge is 2.19. The maximum absolute atomic E-state index is 12.7. The average Bonchev–Trinajstić information content (AvgIpc) is 3.15. The number of hydrogen-bond donors (Lipinski definition) is 0. The molecule has 0 aliphatic heterocycles. The quantitative estimate of drug-likeness (QED) is 0.0268. The first kappa shape index (κ1) is 51.1. The van der Waals surface area contributed by atoms with E-state index in [4.69, 9.17) is 14.2 Å². The summed E-state index contributed by atoms with van der Waals surface area (Å²) in [5.41, 5.74) is 0. The van der Waals surface area contributed by atoms with Crippen molar-refractivity contribution >= 4 is 17.9 Å². The Bertz CT molecular complexity index is 824. The van der Waals surface area contributed by atoms with Gasteiger partial charge in [-0.1, -0.05) is 200 Å². The lowest BCUT2D eigenvalue weighted by molar-refractivity contribution is -0.167. The fourth-order valence-corrected chi connectivity index (χ4v) is 6.73. The fourth-order valence-electron chi connectivity index (χ4n) is 6.73. The average molecular weight is 749 g/mol. The van der Waals surface area contributed by atoms with Gasteiger partial charge in [0.1, 0.15) is 13.2 Å². The molecule has 0 amide bonds. The number of carbonyl (C=O) groups excluding carboxylic acids is 3. The monoisotopic (exact) mass is 749 g/mol. The molecular formula is C47H88O6. The first-order valence-electron chi connectivity index (χ1n) is 23.2. The molecule has 0 fully saturated rings. The molecule has 0 saturated heterocycles. The summed E-state index contributed by atoms with van der Waals surface area (Å²) in [7, 11) is 0. The van der Waals surface area contributed by atoms with Gasteiger partial charge in [-0.3, -0.25) is 14.4 Å². The SMILES string of the molecule is CCCCC/C=C\CCCCCCCC(=O)OC(COC(=O)CCCCCCCCCCCC)COC(=O)CCCCCCCCCCCCCCC.